The van der Waals surface area contributed by atoms with Gasteiger partial charge in [0.2, 0.25) is 0 Å². The van der Waals surface area contributed by atoms with Gasteiger partial charge >= 0.3 is 0 Å². The van der Waals surface area contributed by atoms with Gasteiger partial charge in [0, 0.05) is 18.4 Å². The van der Waals surface area contributed by atoms with E-state index in [2.05, 4.69) is 22.9 Å². The number of hydrogen-bond acceptors (Lipinski definition) is 2. The summed E-state index contributed by atoms with van der Waals surface area (Å²) in [6, 6.07) is 4.85. The van der Waals surface area contributed by atoms with Crippen molar-refractivity contribution in [1.82, 2.24) is 9.88 Å². The number of rotatable bonds is 2. The molecule has 2 nitrogen and oxygen atoms in total. The van der Waals surface area contributed by atoms with Gasteiger partial charge in [-0.25, -0.2) is 0 Å². The van der Waals surface area contributed by atoms with E-state index in [4.69, 9.17) is 0 Å². The van der Waals surface area contributed by atoms with Crippen molar-refractivity contribution in [2.75, 3.05) is 13.1 Å². The van der Waals surface area contributed by atoms with Crippen molar-refractivity contribution in [2.24, 2.45) is 0 Å². The van der Waals surface area contributed by atoms with Crippen LogP contribution in [-0.4, -0.2) is 23.0 Å². The minimum atomic E-state index is 0.613. The van der Waals surface area contributed by atoms with Crippen molar-refractivity contribution in [2.45, 2.75) is 32.2 Å². The van der Waals surface area contributed by atoms with Crippen LogP contribution in [0, 0.1) is 0 Å². The van der Waals surface area contributed by atoms with Crippen molar-refractivity contribution in [3.8, 4) is 0 Å². The quantitative estimate of drug-likeness (QED) is 0.712. The fourth-order valence-corrected chi connectivity index (χ4v) is 2.32. The summed E-state index contributed by atoms with van der Waals surface area (Å²) in [4.78, 5) is 6.76. The summed E-state index contributed by atoms with van der Waals surface area (Å²) in [6.45, 7) is 4.64. The average molecular weight is 190 g/mol. The van der Waals surface area contributed by atoms with Crippen molar-refractivity contribution < 1.29 is 0 Å². The lowest BCUT2D eigenvalue weighted by Gasteiger charge is -2.34. The minimum Gasteiger partial charge on any atom is -0.297 e. The molecule has 0 aliphatic carbocycles. The highest BCUT2D eigenvalue weighted by Gasteiger charge is 2.22. The zero-order valence-electron chi connectivity index (χ0n) is 8.82. The Kier molecular flexibility index (Phi) is 3.14. The predicted octanol–water partition coefficient (Wildman–Crippen LogP) is 2.63. The molecule has 0 N–H and O–H groups in total. The third-order valence-electron chi connectivity index (χ3n) is 3.09. The average Bonchev–Trinajstić information content (AvgIpc) is 2.30. The third kappa shape index (κ3) is 1.95. The Bertz CT molecular complexity index is 271. The highest BCUT2D eigenvalue weighted by Crippen LogP contribution is 2.29. The molecule has 0 amide bonds. The molecular weight excluding hydrogens is 172 g/mol. The molecule has 14 heavy (non-hydrogen) atoms. The molecule has 1 atom stereocenters. The molecule has 0 bridgehead atoms. The maximum Gasteiger partial charge on any atom is 0.0363 e. The first-order valence-electron chi connectivity index (χ1n) is 5.56. The number of pyridine rings is 1. The molecule has 76 valence electrons. The maximum absolute atomic E-state index is 4.20. The Morgan fingerprint density at radius 3 is 3.14 bits per heavy atom. The molecule has 2 rings (SSSR count). The summed E-state index contributed by atoms with van der Waals surface area (Å²) in [5, 5.41) is 0. The van der Waals surface area contributed by atoms with E-state index in [-0.39, 0.29) is 0 Å². The summed E-state index contributed by atoms with van der Waals surface area (Å²) in [7, 11) is 0. The topological polar surface area (TPSA) is 16.1 Å². The van der Waals surface area contributed by atoms with Gasteiger partial charge in [-0.15, -0.1) is 0 Å². The Balaban J connectivity index is 2.15. The van der Waals surface area contributed by atoms with Crippen LogP contribution in [0.4, 0.5) is 0 Å². The van der Waals surface area contributed by atoms with Gasteiger partial charge in [0.25, 0.3) is 0 Å². The fraction of sp³-hybridized carbons (Fsp3) is 0.583. The monoisotopic (exact) mass is 190 g/mol. The van der Waals surface area contributed by atoms with Gasteiger partial charge in [0.1, 0.15) is 0 Å². The summed E-state index contributed by atoms with van der Waals surface area (Å²) in [5.41, 5.74) is 1.38. The smallest absolute Gasteiger partial charge is 0.0363 e. The predicted molar refractivity (Wildman–Crippen MR) is 58.1 cm³/mol. The Morgan fingerprint density at radius 1 is 1.50 bits per heavy atom. The lowest BCUT2D eigenvalue weighted by Crippen LogP contribution is -2.33. The van der Waals surface area contributed by atoms with Crippen molar-refractivity contribution in [1.29, 1.82) is 0 Å². The second-order valence-electron chi connectivity index (χ2n) is 3.93. The maximum atomic E-state index is 4.20. The number of nitrogens with zero attached hydrogens (tertiary/aromatic N) is 2. The molecule has 2 heterocycles. The molecule has 1 aliphatic heterocycles. The van der Waals surface area contributed by atoms with Gasteiger partial charge in [-0.05, 0) is 37.6 Å². The van der Waals surface area contributed by atoms with Gasteiger partial charge in [-0.3, -0.25) is 9.88 Å². The van der Waals surface area contributed by atoms with Crippen molar-refractivity contribution in [3.63, 3.8) is 0 Å². The van der Waals surface area contributed by atoms with Crippen LogP contribution in [0.3, 0.4) is 0 Å². The molecule has 1 aromatic rings. The molecule has 1 aliphatic rings. The van der Waals surface area contributed by atoms with Gasteiger partial charge in [-0.2, -0.15) is 0 Å². The zero-order valence-corrected chi connectivity index (χ0v) is 8.82. The van der Waals surface area contributed by atoms with Gasteiger partial charge in [0.05, 0.1) is 0 Å². The second kappa shape index (κ2) is 4.56. The van der Waals surface area contributed by atoms with E-state index in [1.165, 1.54) is 31.4 Å². The van der Waals surface area contributed by atoms with Gasteiger partial charge < -0.3 is 0 Å². The lowest BCUT2D eigenvalue weighted by atomic mass is 9.96. The van der Waals surface area contributed by atoms with Crippen LogP contribution >= 0.6 is 0 Å². The van der Waals surface area contributed by atoms with E-state index in [1.807, 2.05) is 18.5 Å². The number of aromatic nitrogens is 1. The molecule has 1 saturated heterocycles. The molecule has 1 fully saturated rings. The molecule has 0 aromatic carbocycles. The Hall–Kier alpha value is -0.890. The molecule has 0 radical (unpaired) electrons. The molecule has 2 heteroatoms. The van der Waals surface area contributed by atoms with E-state index in [9.17, 15) is 0 Å². The summed E-state index contributed by atoms with van der Waals surface area (Å²) in [5.74, 6) is 0. The van der Waals surface area contributed by atoms with Crippen LogP contribution in [0.2, 0.25) is 0 Å². The molecular formula is C12H18N2. The molecule has 1 unspecified atom stereocenters. The molecule has 0 saturated carbocycles. The van der Waals surface area contributed by atoms with Gasteiger partial charge in [-0.1, -0.05) is 19.4 Å². The largest absolute Gasteiger partial charge is 0.297 e. The van der Waals surface area contributed by atoms with Crippen LogP contribution in [-0.2, 0) is 0 Å². The lowest BCUT2D eigenvalue weighted by molar-refractivity contribution is 0.157. The van der Waals surface area contributed by atoms with E-state index < -0.39 is 0 Å². The minimum absolute atomic E-state index is 0.613. The van der Waals surface area contributed by atoms with Crippen molar-refractivity contribution >= 4 is 0 Å². The summed E-state index contributed by atoms with van der Waals surface area (Å²) in [6.07, 6.45) is 7.86. The van der Waals surface area contributed by atoms with E-state index >= 15 is 0 Å². The van der Waals surface area contributed by atoms with E-state index in [0.717, 1.165) is 6.54 Å². The Morgan fingerprint density at radius 2 is 2.43 bits per heavy atom. The first kappa shape index (κ1) is 9.66. The first-order valence-corrected chi connectivity index (χ1v) is 5.56. The van der Waals surface area contributed by atoms with Gasteiger partial charge in [0.15, 0.2) is 0 Å². The van der Waals surface area contributed by atoms with Crippen LogP contribution in [0.1, 0.15) is 37.8 Å². The van der Waals surface area contributed by atoms with E-state index in [1.54, 1.807) is 0 Å². The highest BCUT2D eigenvalue weighted by molar-refractivity contribution is 5.14. The SMILES string of the molecule is CCN1CCCCC1c1cccnc1. The van der Waals surface area contributed by atoms with E-state index in [0.29, 0.717) is 6.04 Å². The highest BCUT2D eigenvalue weighted by atomic mass is 15.2. The molecule has 0 spiro atoms. The van der Waals surface area contributed by atoms with Crippen LogP contribution in [0.15, 0.2) is 24.5 Å². The van der Waals surface area contributed by atoms with Crippen LogP contribution in [0.25, 0.3) is 0 Å². The zero-order chi connectivity index (χ0) is 9.80. The van der Waals surface area contributed by atoms with Crippen LogP contribution < -0.4 is 0 Å². The van der Waals surface area contributed by atoms with Crippen LogP contribution in [0.5, 0.6) is 0 Å². The number of likely N-dealkylation sites (tertiary alicyclic amines) is 1. The third-order valence-corrected chi connectivity index (χ3v) is 3.09. The standard InChI is InChI=1S/C12H18N2/c1-2-14-9-4-3-7-12(14)11-6-5-8-13-10-11/h5-6,8,10,12H,2-4,7,9H2,1H3. The number of piperidine rings is 1. The van der Waals surface area contributed by atoms with Crippen molar-refractivity contribution in [3.05, 3.63) is 30.1 Å². The summed E-state index contributed by atoms with van der Waals surface area (Å²) < 4.78 is 0. The summed E-state index contributed by atoms with van der Waals surface area (Å²) >= 11 is 0. The first-order chi connectivity index (χ1) is 6.92. The second-order valence-corrected chi connectivity index (χ2v) is 3.93. The molecule has 1 aromatic heterocycles. The fourth-order valence-electron chi connectivity index (χ4n) is 2.32. The normalized spacial score (nSPS) is 23.6. The number of hydrogen-bond donors (Lipinski definition) is 0. The Labute approximate surface area is 86.0 Å².